The van der Waals surface area contributed by atoms with Gasteiger partial charge >= 0.3 is 0 Å². The van der Waals surface area contributed by atoms with Crippen molar-refractivity contribution >= 4 is 11.6 Å². The summed E-state index contributed by atoms with van der Waals surface area (Å²) in [6, 6.07) is 0. The Morgan fingerprint density at radius 3 is 3.06 bits per heavy atom. The molecule has 1 aliphatic heterocycles. The van der Waals surface area contributed by atoms with E-state index in [9.17, 15) is 0 Å². The predicted octanol–water partition coefficient (Wildman–Crippen LogP) is 1.22. The largest absolute Gasteiger partial charge is 0.316 e. The Morgan fingerprint density at radius 1 is 1.44 bits per heavy atom. The van der Waals surface area contributed by atoms with Crippen LogP contribution < -0.4 is 10.6 Å². The number of hydrogen-bond acceptors (Lipinski definition) is 4. The number of hydrogen-bond donors (Lipinski definition) is 2. The average molecular weight is 241 g/mol. The molecule has 0 saturated carbocycles. The maximum absolute atomic E-state index is 5.92. The Bertz CT molecular complexity index is 326. The number of nitrogens with zero attached hydrogens (tertiary/aromatic N) is 2. The van der Waals surface area contributed by atoms with E-state index < -0.39 is 0 Å². The van der Waals surface area contributed by atoms with Crippen LogP contribution in [0.3, 0.4) is 0 Å². The van der Waals surface area contributed by atoms with Gasteiger partial charge in [0.05, 0.1) is 5.69 Å². The highest BCUT2D eigenvalue weighted by atomic mass is 35.5. The summed E-state index contributed by atoms with van der Waals surface area (Å²) >= 11 is 5.92. The molecule has 1 fully saturated rings. The monoisotopic (exact) mass is 240 g/mol. The third kappa shape index (κ3) is 3.40. The van der Waals surface area contributed by atoms with Crippen molar-refractivity contribution in [2.75, 3.05) is 19.6 Å². The first kappa shape index (κ1) is 11.8. The van der Waals surface area contributed by atoms with Gasteiger partial charge in [0.15, 0.2) is 5.15 Å². The van der Waals surface area contributed by atoms with Crippen LogP contribution in [0.4, 0.5) is 0 Å². The minimum atomic E-state index is 0.497. The Kier molecular flexibility index (Phi) is 4.51. The van der Waals surface area contributed by atoms with Crippen LogP contribution in [-0.4, -0.2) is 29.6 Å². The van der Waals surface area contributed by atoms with Crippen LogP contribution >= 0.6 is 11.6 Å². The zero-order valence-electron chi connectivity index (χ0n) is 9.25. The molecule has 16 heavy (non-hydrogen) atoms. The van der Waals surface area contributed by atoms with Crippen molar-refractivity contribution < 1.29 is 0 Å². The molecule has 0 amide bonds. The van der Waals surface area contributed by atoms with E-state index in [1.54, 1.807) is 12.4 Å². The lowest BCUT2D eigenvalue weighted by molar-refractivity contribution is 0.359. The second-order valence-corrected chi connectivity index (χ2v) is 4.50. The molecular formula is C11H17ClN4. The standard InChI is InChI=1S/C11H17ClN4/c12-11-10(15-4-5-16-11)8-14-7-9-2-1-3-13-6-9/h4-5,9,13-14H,1-3,6-8H2. The van der Waals surface area contributed by atoms with E-state index >= 15 is 0 Å². The molecule has 5 heteroatoms. The molecule has 1 aromatic rings. The van der Waals surface area contributed by atoms with Crippen LogP contribution in [0.2, 0.25) is 5.15 Å². The molecule has 1 unspecified atom stereocenters. The van der Waals surface area contributed by atoms with Crippen molar-refractivity contribution in [3.05, 3.63) is 23.2 Å². The highest BCUT2D eigenvalue weighted by Gasteiger charge is 2.12. The van der Waals surface area contributed by atoms with Crippen molar-refractivity contribution in [3.63, 3.8) is 0 Å². The summed E-state index contributed by atoms with van der Waals surface area (Å²) in [4.78, 5) is 8.18. The van der Waals surface area contributed by atoms with E-state index in [2.05, 4.69) is 20.6 Å². The van der Waals surface area contributed by atoms with Crippen molar-refractivity contribution in [3.8, 4) is 0 Å². The van der Waals surface area contributed by atoms with Gasteiger partial charge in [-0.2, -0.15) is 0 Å². The fourth-order valence-electron chi connectivity index (χ4n) is 1.96. The van der Waals surface area contributed by atoms with Crippen molar-refractivity contribution in [2.24, 2.45) is 5.92 Å². The lowest BCUT2D eigenvalue weighted by atomic mass is 10.00. The number of piperidine rings is 1. The lowest BCUT2D eigenvalue weighted by Crippen LogP contribution is -2.35. The van der Waals surface area contributed by atoms with Gasteiger partial charge in [-0.15, -0.1) is 0 Å². The first-order chi connectivity index (χ1) is 7.86. The number of aromatic nitrogens is 2. The molecule has 1 saturated heterocycles. The second-order valence-electron chi connectivity index (χ2n) is 4.14. The highest BCUT2D eigenvalue weighted by molar-refractivity contribution is 6.29. The van der Waals surface area contributed by atoms with E-state index in [0.717, 1.165) is 31.2 Å². The third-order valence-electron chi connectivity index (χ3n) is 2.85. The van der Waals surface area contributed by atoms with Gasteiger partial charge in [0.1, 0.15) is 0 Å². The minimum absolute atomic E-state index is 0.497. The van der Waals surface area contributed by atoms with Crippen LogP contribution in [0.1, 0.15) is 18.5 Å². The quantitative estimate of drug-likeness (QED) is 0.831. The van der Waals surface area contributed by atoms with Crippen LogP contribution in [0, 0.1) is 5.92 Å². The molecule has 0 aromatic carbocycles. The van der Waals surface area contributed by atoms with E-state index in [-0.39, 0.29) is 0 Å². The molecule has 1 aromatic heterocycles. The van der Waals surface area contributed by atoms with E-state index in [1.165, 1.54) is 12.8 Å². The first-order valence-corrected chi connectivity index (χ1v) is 6.11. The normalized spacial score (nSPS) is 20.9. The molecule has 0 spiro atoms. The van der Waals surface area contributed by atoms with Gasteiger partial charge in [0.2, 0.25) is 0 Å². The summed E-state index contributed by atoms with van der Waals surface area (Å²) in [6.45, 7) is 3.98. The molecule has 2 N–H and O–H groups in total. The first-order valence-electron chi connectivity index (χ1n) is 5.73. The van der Waals surface area contributed by atoms with Gasteiger partial charge in [-0.05, 0) is 38.4 Å². The molecule has 88 valence electrons. The topological polar surface area (TPSA) is 49.8 Å². The zero-order chi connectivity index (χ0) is 11.2. The summed E-state index contributed by atoms with van der Waals surface area (Å²) in [5.41, 5.74) is 0.827. The Hall–Kier alpha value is -0.710. The molecule has 0 aliphatic carbocycles. The van der Waals surface area contributed by atoms with Crippen LogP contribution in [0.5, 0.6) is 0 Å². The smallest absolute Gasteiger partial charge is 0.151 e. The van der Waals surface area contributed by atoms with Crippen molar-refractivity contribution in [2.45, 2.75) is 19.4 Å². The molecule has 1 aliphatic rings. The molecular weight excluding hydrogens is 224 g/mol. The number of rotatable bonds is 4. The zero-order valence-corrected chi connectivity index (χ0v) is 10.0. The van der Waals surface area contributed by atoms with Gasteiger partial charge in [-0.3, -0.25) is 4.98 Å². The summed E-state index contributed by atoms with van der Waals surface area (Å²) in [7, 11) is 0. The van der Waals surface area contributed by atoms with Crippen LogP contribution in [0.15, 0.2) is 12.4 Å². The van der Waals surface area contributed by atoms with Crippen LogP contribution in [-0.2, 0) is 6.54 Å². The van der Waals surface area contributed by atoms with E-state index in [0.29, 0.717) is 11.7 Å². The van der Waals surface area contributed by atoms with E-state index in [1.807, 2.05) is 0 Å². The fourth-order valence-corrected chi connectivity index (χ4v) is 2.13. The van der Waals surface area contributed by atoms with Crippen molar-refractivity contribution in [1.29, 1.82) is 0 Å². The maximum Gasteiger partial charge on any atom is 0.151 e. The molecule has 2 heterocycles. The molecule has 2 rings (SSSR count). The second kappa shape index (κ2) is 6.13. The fraction of sp³-hybridized carbons (Fsp3) is 0.636. The third-order valence-corrected chi connectivity index (χ3v) is 3.16. The summed E-state index contributed by atoms with van der Waals surface area (Å²) in [6.07, 6.45) is 5.86. The minimum Gasteiger partial charge on any atom is -0.316 e. The predicted molar refractivity (Wildman–Crippen MR) is 64.3 cm³/mol. The van der Waals surface area contributed by atoms with Gasteiger partial charge in [-0.1, -0.05) is 11.6 Å². The molecule has 4 nitrogen and oxygen atoms in total. The molecule has 0 radical (unpaired) electrons. The maximum atomic E-state index is 5.92. The SMILES string of the molecule is Clc1nccnc1CNCC1CCCNC1. The molecule has 1 atom stereocenters. The Labute approximate surface area is 101 Å². The Morgan fingerprint density at radius 2 is 2.31 bits per heavy atom. The number of halogens is 1. The van der Waals surface area contributed by atoms with E-state index in [4.69, 9.17) is 11.6 Å². The average Bonchev–Trinajstić information content (AvgIpc) is 2.33. The van der Waals surface area contributed by atoms with Crippen LogP contribution in [0.25, 0.3) is 0 Å². The summed E-state index contributed by atoms with van der Waals surface area (Å²) in [5.74, 6) is 0.726. The Balaban J connectivity index is 1.73. The summed E-state index contributed by atoms with van der Waals surface area (Å²) < 4.78 is 0. The summed E-state index contributed by atoms with van der Waals surface area (Å²) in [5, 5.41) is 7.28. The number of nitrogens with one attached hydrogen (secondary N) is 2. The van der Waals surface area contributed by atoms with Crippen molar-refractivity contribution in [1.82, 2.24) is 20.6 Å². The molecule has 0 bridgehead atoms. The van der Waals surface area contributed by atoms with Gasteiger partial charge in [0, 0.05) is 18.9 Å². The van der Waals surface area contributed by atoms with Gasteiger partial charge in [-0.25, -0.2) is 4.98 Å². The van der Waals surface area contributed by atoms with Gasteiger partial charge < -0.3 is 10.6 Å². The lowest BCUT2D eigenvalue weighted by Gasteiger charge is -2.22. The van der Waals surface area contributed by atoms with Gasteiger partial charge in [0.25, 0.3) is 0 Å². The highest BCUT2D eigenvalue weighted by Crippen LogP contribution is 2.10.